The summed E-state index contributed by atoms with van der Waals surface area (Å²) in [6.07, 6.45) is 1.69. The van der Waals surface area contributed by atoms with Crippen molar-refractivity contribution in [2.75, 3.05) is 12.4 Å². The number of rotatable bonds is 7. The lowest BCUT2D eigenvalue weighted by Crippen LogP contribution is -2.22. The van der Waals surface area contributed by atoms with E-state index in [1.807, 2.05) is 84.9 Å². The number of methoxy groups -OCH3 is 1. The maximum Gasteiger partial charge on any atom is 0.207 e. The molecule has 4 aromatic rings. The molecule has 5 heteroatoms. The number of anilines is 1. The van der Waals surface area contributed by atoms with Crippen LogP contribution in [0.15, 0.2) is 91.1 Å². The molecule has 1 unspecified atom stereocenters. The van der Waals surface area contributed by atoms with Crippen molar-refractivity contribution in [1.29, 1.82) is 0 Å². The highest BCUT2D eigenvalue weighted by Crippen LogP contribution is 2.29. The summed E-state index contributed by atoms with van der Waals surface area (Å²) in [4.78, 5) is 13.6. The van der Waals surface area contributed by atoms with Crippen LogP contribution in [0, 0.1) is 0 Å². The smallest absolute Gasteiger partial charge is 0.207 e. The number of H-pyrrole nitrogens is 1. The average molecular weight is 383 g/mol. The Morgan fingerprint density at radius 2 is 1.69 bits per heavy atom. The lowest BCUT2D eigenvalue weighted by atomic mass is 9.96. The summed E-state index contributed by atoms with van der Waals surface area (Å²) in [5.74, 6) is 0.635. The van der Waals surface area contributed by atoms with Crippen molar-refractivity contribution in [2.45, 2.75) is 6.04 Å². The van der Waals surface area contributed by atoms with Crippen LogP contribution >= 0.6 is 0 Å². The number of carbonyl (C=O) groups excluding carboxylic acids is 1. The first-order chi connectivity index (χ1) is 14.3. The Morgan fingerprint density at radius 3 is 2.41 bits per heavy atom. The molecule has 1 aromatic heterocycles. The topological polar surface area (TPSA) is 67.0 Å². The van der Waals surface area contributed by atoms with E-state index in [1.165, 1.54) is 0 Å². The van der Waals surface area contributed by atoms with Crippen LogP contribution in [0.1, 0.15) is 22.1 Å². The summed E-state index contributed by atoms with van der Waals surface area (Å²) < 4.78 is 5.31. The Hall–Kier alpha value is -3.86. The van der Waals surface area contributed by atoms with E-state index in [2.05, 4.69) is 15.5 Å². The minimum Gasteiger partial charge on any atom is -0.497 e. The molecule has 0 aliphatic heterocycles. The summed E-state index contributed by atoms with van der Waals surface area (Å²) in [6.45, 7) is 0. The van der Waals surface area contributed by atoms with E-state index in [4.69, 9.17) is 4.74 Å². The standard InChI is InChI=1S/C24H21N3O2/c1-29-20-14-8-13-19(15-20)26-22(18-11-6-3-7-12-18)24(28)23-21(16-25-27-23)17-9-4-2-5-10-17/h2-16,22,26H,1H3,(H,25,27). The molecule has 0 aliphatic rings. The second-order valence-electron chi connectivity index (χ2n) is 6.61. The summed E-state index contributed by atoms with van der Waals surface area (Å²) >= 11 is 0. The number of hydrogen-bond donors (Lipinski definition) is 2. The van der Waals surface area contributed by atoms with E-state index >= 15 is 0 Å². The van der Waals surface area contributed by atoms with Gasteiger partial charge < -0.3 is 10.1 Å². The number of aromatic nitrogens is 2. The van der Waals surface area contributed by atoms with Crippen molar-refractivity contribution in [3.05, 3.63) is 102 Å². The molecule has 0 saturated carbocycles. The molecule has 0 saturated heterocycles. The zero-order valence-corrected chi connectivity index (χ0v) is 16.0. The highest BCUT2D eigenvalue weighted by atomic mass is 16.5. The number of benzene rings is 3. The minimum absolute atomic E-state index is 0.0876. The molecule has 0 fully saturated rings. The van der Waals surface area contributed by atoms with Crippen LogP contribution in [0.3, 0.4) is 0 Å². The molecule has 29 heavy (non-hydrogen) atoms. The maximum atomic E-state index is 13.6. The van der Waals surface area contributed by atoms with E-state index in [0.29, 0.717) is 5.69 Å². The second kappa shape index (κ2) is 8.44. The van der Waals surface area contributed by atoms with Crippen LogP contribution in [0.2, 0.25) is 0 Å². The van der Waals surface area contributed by atoms with Crippen LogP contribution < -0.4 is 10.1 Å². The Morgan fingerprint density at radius 1 is 0.966 bits per heavy atom. The van der Waals surface area contributed by atoms with Gasteiger partial charge in [-0.2, -0.15) is 5.10 Å². The van der Waals surface area contributed by atoms with Crippen molar-refractivity contribution in [1.82, 2.24) is 10.2 Å². The average Bonchev–Trinajstić information content (AvgIpc) is 3.28. The maximum absolute atomic E-state index is 13.6. The van der Waals surface area contributed by atoms with Crippen molar-refractivity contribution in [3.63, 3.8) is 0 Å². The van der Waals surface area contributed by atoms with Crippen LogP contribution in [0.4, 0.5) is 5.69 Å². The minimum atomic E-state index is -0.578. The number of hydrogen-bond acceptors (Lipinski definition) is 4. The lowest BCUT2D eigenvalue weighted by molar-refractivity contribution is 0.0965. The van der Waals surface area contributed by atoms with Gasteiger partial charge in [-0.1, -0.05) is 66.7 Å². The molecule has 5 nitrogen and oxygen atoms in total. The van der Waals surface area contributed by atoms with Gasteiger partial charge in [-0.3, -0.25) is 9.89 Å². The predicted molar refractivity (Wildman–Crippen MR) is 114 cm³/mol. The van der Waals surface area contributed by atoms with Crippen molar-refractivity contribution >= 4 is 11.5 Å². The molecule has 0 spiro atoms. The number of ether oxygens (including phenoxy) is 1. The SMILES string of the molecule is COc1cccc(NC(C(=O)c2[nH]ncc2-c2ccccc2)c2ccccc2)c1. The number of Topliss-reactive ketones (excluding diaryl/α,β-unsaturated/α-hetero) is 1. The number of aromatic amines is 1. The molecule has 0 aliphatic carbocycles. The third-order valence-electron chi connectivity index (χ3n) is 4.75. The van der Waals surface area contributed by atoms with Gasteiger partial charge in [0.15, 0.2) is 0 Å². The van der Waals surface area contributed by atoms with Gasteiger partial charge >= 0.3 is 0 Å². The van der Waals surface area contributed by atoms with E-state index in [9.17, 15) is 4.79 Å². The fourth-order valence-electron chi connectivity index (χ4n) is 3.28. The normalized spacial score (nSPS) is 11.6. The number of carbonyl (C=O) groups is 1. The van der Waals surface area contributed by atoms with E-state index in [-0.39, 0.29) is 5.78 Å². The van der Waals surface area contributed by atoms with E-state index in [1.54, 1.807) is 13.3 Å². The lowest BCUT2D eigenvalue weighted by Gasteiger charge is -2.20. The molecular formula is C24H21N3O2. The monoisotopic (exact) mass is 383 g/mol. The molecule has 144 valence electrons. The number of nitrogens with one attached hydrogen (secondary N) is 2. The van der Waals surface area contributed by atoms with Crippen LogP contribution in [0.5, 0.6) is 5.75 Å². The summed E-state index contributed by atoms with van der Waals surface area (Å²) in [5, 5.41) is 10.4. The highest BCUT2D eigenvalue weighted by molar-refractivity contribution is 6.05. The highest BCUT2D eigenvalue weighted by Gasteiger charge is 2.26. The zero-order chi connectivity index (χ0) is 20.1. The Labute approximate surface area is 169 Å². The first-order valence-corrected chi connectivity index (χ1v) is 9.35. The Balaban J connectivity index is 1.72. The van der Waals surface area contributed by atoms with Gasteiger partial charge in [0.2, 0.25) is 5.78 Å². The largest absolute Gasteiger partial charge is 0.497 e. The molecule has 0 bridgehead atoms. The van der Waals surface area contributed by atoms with Gasteiger partial charge in [0.25, 0.3) is 0 Å². The fraction of sp³-hybridized carbons (Fsp3) is 0.0833. The first-order valence-electron chi connectivity index (χ1n) is 9.35. The summed E-state index contributed by atoms with van der Waals surface area (Å²) in [7, 11) is 1.62. The number of nitrogens with zero attached hydrogens (tertiary/aromatic N) is 1. The molecule has 3 aromatic carbocycles. The van der Waals surface area contributed by atoms with Gasteiger partial charge in [-0.05, 0) is 23.3 Å². The van der Waals surface area contributed by atoms with Crippen molar-refractivity contribution < 1.29 is 9.53 Å². The Bertz CT molecular complexity index is 1090. The van der Waals surface area contributed by atoms with E-state index in [0.717, 1.165) is 28.1 Å². The summed E-state index contributed by atoms with van der Waals surface area (Å²) in [6, 6.07) is 26.4. The van der Waals surface area contributed by atoms with Gasteiger partial charge in [0.05, 0.1) is 13.3 Å². The van der Waals surface area contributed by atoms with Gasteiger partial charge in [-0.15, -0.1) is 0 Å². The molecule has 1 heterocycles. The molecule has 0 amide bonds. The number of ketones is 1. The van der Waals surface area contributed by atoms with Crippen molar-refractivity contribution in [3.8, 4) is 16.9 Å². The zero-order valence-electron chi connectivity index (χ0n) is 16.0. The van der Waals surface area contributed by atoms with E-state index < -0.39 is 6.04 Å². The molecule has 0 radical (unpaired) electrons. The summed E-state index contributed by atoms with van der Waals surface area (Å²) in [5.41, 5.74) is 3.86. The molecule has 2 N–H and O–H groups in total. The molecular weight excluding hydrogens is 362 g/mol. The Kier molecular flexibility index (Phi) is 5.38. The third kappa shape index (κ3) is 4.04. The van der Waals surface area contributed by atoms with Gasteiger partial charge in [-0.25, -0.2) is 0 Å². The molecule has 4 rings (SSSR count). The first kappa shape index (κ1) is 18.5. The predicted octanol–water partition coefficient (Wildman–Crippen LogP) is 5.12. The quantitative estimate of drug-likeness (QED) is 0.435. The van der Waals surface area contributed by atoms with Crippen molar-refractivity contribution in [2.24, 2.45) is 0 Å². The second-order valence-corrected chi connectivity index (χ2v) is 6.61. The van der Waals surface area contributed by atoms with Crippen LogP contribution in [-0.4, -0.2) is 23.1 Å². The third-order valence-corrected chi connectivity index (χ3v) is 4.75. The molecule has 1 atom stereocenters. The van der Waals surface area contributed by atoms with Gasteiger partial charge in [0.1, 0.15) is 17.5 Å². The van der Waals surface area contributed by atoms with Crippen LogP contribution in [0.25, 0.3) is 11.1 Å². The fourth-order valence-corrected chi connectivity index (χ4v) is 3.28. The van der Waals surface area contributed by atoms with Crippen LogP contribution in [-0.2, 0) is 0 Å². The van der Waals surface area contributed by atoms with Gasteiger partial charge in [0, 0.05) is 17.3 Å².